The van der Waals surface area contributed by atoms with E-state index in [4.69, 9.17) is 6.15 Å². The first-order valence-corrected chi connectivity index (χ1v) is 6.12. The molecule has 98 valence electrons. The Morgan fingerprint density at radius 1 is 1.58 bits per heavy atom. The second-order valence-corrected chi connectivity index (χ2v) is 4.49. The van der Waals surface area contributed by atoms with Crippen molar-refractivity contribution in [3.63, 3.8) is 0 Å². The molecule has 0 aliphatic rings. The fraction of sp³-hybridized carbons (Fsp3) is 0.222. The monoisotopic (exact) mass is 281 g/mol. The Morgan fingerprint density at radius 3 is 3.16 bits per heavy atom. The van der Waals surface area contributed by atoms with Crippen molar-refractivity contribution in [2.45, 2.75) is 6.61 Å². The summed E-state index contributed by atoms with van der Waals surface area (Å²) in [5.74, 6) is 0.712. The van der Waals surface area contributed by atoms with Gasteiger partial charge in [-0.25, -0.2) is 9.78 Å². The molecule has 9 nitrogen and oxygen atoms in total. The molecule has 0 spiro atoms. The van der Waals surface area contributed by atoms with E-state index >= 15 is 0 Å². The second kappa shape index (κ2) is 4.65. The Kier molecular flexibility index (Phi) is 2.55. The Bertz CT molecular complexity index is 788. The molecule has 0 radical (unpaired) electrons. The van der Waals surface area contributed by atoms with Crippen LogP contribution in [0, 0.1) is 0 Å². The van der Waals surface area contributed by atoms with Crippen molar-refractivity contribution in [1.29, 1.82) is 0 Å². The zero-order chi connectivity index (χ0) is 14.1. The van der Waals surface area contributed by atoms with Gasteiger partial charge in [-0.05, 0) is 10.4 Å². The molecule has 3 aromatic heterocycles. The molecule has 0 aliphatic heterocycles. The van der Waals surface area contributed by atoms with Gasteiger partial charge in [-0.2, -0.15) is 4.68 Å². The molecule has 0 amide bonds. The van der Waals surface area contributed by atoms with Crippen molar-refractivity contribution in [3.8, 4) is 11.7 Å². The highest BCUT2D eigenvalue weighted by atomic mass is 32.1. The van der Waals surface area contributed by atoms with E-state index in [1.54, 1.807) is 11.6 Å². The summed E-state index contributed by atoms with van der Waals surface area (Å²) < 4.78 is 14.9. The lowest BCUT2D eigenvalue weighted by molar-refractivity contribution is 0.296. The second-order valence-electron chi connectivity index (χ2n) is 3.55. The zero-order valence-corrected chi connectivity index (χ0v) is 10.6. The first kappa shape index (κ1) is 10.4. The molecule has 0 aliphatic carbocycles. The fourth-order valence-corrected chi connectivity index (χ4v) is 2.07. The van der Waals surface area contributed by atoms with Crippen LogP contribution in [0.1, 0.15) is 4.88 Å². The van der Waals surface area contributed by atoms with E-state index in [9.17, 15) is 4.79 Å². The number of nitrogens with one attached hydrogen (secondary N) is 1. The standard InChI is InChI=1S/C9H9N7O2S/c1-15-9(17)16(14-13-15)8-6(19-5-10-8)4-18-7-2-3-11-12-7/h2-3,5H,4H2,1H3,(H,11,12)/i/hT. The van der Waals surface area contributed by atoms with Crippen molar-refractivity contribution >= 4 is 11.3 Å². The third kappa shape index (κ3) is 2.12. The van der Waals surface area contributed by atoms with Crippen LogP contribution >= 0.6 is 11.3 Å². The number of H-pyrrole nitrogens is 1. The molecule has 0 bridgehead atoms. The number of nitrogens with zero attached hydrogens (tertiary/aromatic N) is 6. The Balaban J connectivity index is 1.83. The molecular formula is C9H9N7O2S. The summed E-state index contributed by atoms with van der Waals surface area (Å²) in [6.07, 6.45) is 1.45. The molecule has 0 atom stereocenters. The SMILES string of the molecule is [3H]n1ccc(OCc2scnc2-n2nnn(C)c2=O)n1. The lowest BCUT2D eigenvalue weighted by Gasteiger charge is -2.01. The van der Waals surface area contributed by atoms with E-state index in [2.05, 4.69) is 20.5 Å². The van der Waals surface area contributed by atoms with Crippen LogP contribution in [0.2, 0.25) is 1.41 Å². The third-order valence-corrected chi connectivity index (χ3v) is 3.13. The van der Waals surface area contributed by atoms with Crippen molar-refractivity contribution in [1.82, 2.24) is 35.0 Å². The van der Waals surface area contributed by atoms with E-state index < -0.39 is 0 Å². The molecule has 0 aromatic carbocycles. The van der Waals surface area contributed by atoms with Crippen LogP contribution in [0.4, 0.5) is 0 Å². The third-order valence-electron chi connectivity index (χ3n) is 2.33. The number of rotatable bonds is 4. The number of hydrogen-bond donors (Lipinski definition) is 1. The fourth-order valence-electron chi connectivity index (χ4n) is 1.42. The predicted octanol–water partition coefficient (Wildman–Crippen LogP) is -0.275. The molecular weight excluding hydrogens is 270 g/mol. The summed E-state index contributed by atoms with van der Waals surface area (Å²) in [6.45, 7) is 0.181. The largest absolute Gasteiger partial charge is 0.471 e. The van der Waals surface area contributed by atoms with Gasteiger partial charge in [-0.1, -0.05) is 0 Å². The molecule has 3 heterocycles. The van der Waals surface area contributed by atoms with Gasteiger partial charge >= 0.3 is 5.69 Å². The van der Waals surface area contributed by atoms with E-state index in [1.807, 2.05) is 0 Å². The van der Waals surface area contributed by atoms with E-state index in [0.29, 0.717) is 16.6 Å². The smallest absolute Gasteiger partial charge is 0.369 e. The lowest BCUT2D eigenvalue weighted by Crippen LogP contribution is -2.23. The molecule has 3 rings (SSSR count). The summed E-state index contributed by atoms with van der Waals surface area (Å²) in [5, 5.41) is 12.0. The average Bonchev–Trinajstić information content (AvgIpc) is 3.11. The van der Waals surface area contributed by atoms with Gasteiger partial charge < -0.3 is 4.74 Å². The first-order valence-electron chi connectivity index (χ1n) is 5.69. The van der Waals surface area contributed by atoms with Gasteiger partial charge in [0.15, 0.2) is 7.23 Å². The molecule has 3 aromatic rings. The van der Waals surface area contributed by atoms with Crippen LogP contribution in [-0.4, -0.2) is 35.0 Å². The number of aryl methyl sites for hydroxylation is 1. The van der Waals surface area contributed by atoms with Crippen LogP contribution in [0.3, 0.4) is 0 Å². The highest BCUT2D eigenvalue weighted by Gasteiger charge is 2.14. The summed E-state index contributed by atoms with van der Waals surface area (Å²) in [7, 11) is 1.51. The summed E-state index contributed by atoms with van der Waals surface area (Å²) in [6, 6.07) is 1.57. The summed E-state index contributed by atoms with van der Waals surface area (Å²) >= 11 is 1.33. The maximum atomic E-state index is 11.8. The van der Waals surface area contributed by atoms with Crippen LogP contribution in [0.5, 0.6) is 5.88 Å². The highest BCUT2D eigenvalue weighted by Crippen LogP contribution is 2.17. The van der Waals surface area contributed by atoms with Crippen LogP contribution in [0.15, 0.2) is 22.6 Å². The Morgan fingerprint density at radius 2 is 2.47 bits per heavy atom. The number of aromatic nitrogens is 7. The molecule has 0 unspecified atom stereocenters. The number of ether oxygens (including phenoxy) is 1. The minimum absolute atomic E-state index is 0.181. The number of hydrogen-bond acceptors (Lipinski definition) is 7. The molecule has 10 heteroatoms. The quantitative estimate of drug-likeness (QED) is 0.705. The zero-order valence-electron chi connectivity index (χ0n) is 10.8. The van der Waals surface area contributed by atoms with E-state index in [0.717, 1.165) is 14.5 Å². The number of aromatic amines is 1. The first-order chi connectivity index (χ1) is 9.65. The topological polar surface area (TPSA) is 104 Å². The van der Waals surface area contributed by atoms with Crippen molar-refractivity contribution in [2.75, 3.05) is 0 Å². The Hall–Kier alpha value is -2.49. The molecule has 0 saturated carbocycles. The number of thiazole rings is 1. The van der Waals surface area contributed by atoms with E-state index in [1.165, 1.54) is 24.6 Å². The average molecular weight is 281 g/mol. The van der Waals surface area contributed by atoms with Gasteiger partial charge in [0.05, 0.1) is 10.4 Å². The highest BCUT2D eigenvalue weighted by molar-refractivity contribution is 7.09. The number of tetrazole rings is 1. The van der Waals surface area contributed by atoms with Crippen molar-refractivity contribution < 1.29 is 6.15 Å². The van der Waals surface area contributed by atoms with Gasteiger partial charge in [0.1, 0.15) is 6.61 Å². The van der Waals surface area contributed by atoms with Gasteiger partial charge in [0, 0.05) is 19.3 Å². The maximum Gasteiger partial charge on any atom is 0.369 e. The normalized spacial score (nSPS) is 11.5. The summed E-state index contributed by atoms with van der Waals surface area (Å²) in [4.78, 5) is 16.6. The minimum atomic E-state index is -0.382. The molecule has 1 N–H and O–H groups in total. The maximum absolute atomic E-state index is 11.8. The van der Waals surface area contributed by atoms with Gasteiger partial charge in [-0.15, -0.1) is 21.1 Å². The predicted molar refractivity (Wildman–Crippen MR) is 65.2 cm³/mol. The van der Waals surface area contributed by atoms with Crippen LogP contribution < -0.4 is 10.4 Å². The molecule has 19 heavy (non-hydrogen) atoms. The minimum Gasteiger partial charge on any atom is -0.471 e. The van der Waals surface area contributed by atoms with Crippen molar-refractivity contribution in [2.24, 2.45) is 7.05 Å². The van der Waals surface area contributed by atoms with Crippen LogP contribution in [0.25, 0.3) is 5.82 Å². The summed E-state index contributed by atoms with van der Waals surface area (Å²) in [5.41, 5.74) is 1.21. The van der Waals surface area contributed by atoms with Crippen LogP contribution in [-0.2, 0) is 13.7 Å². The Labute approximate surface area is 111 Å². The molecule has 0 saturated heterocycles. The molecule has 0 fully saturated rings. The van der Waals surface area contributed by atoms with Crippen molar-refractivity contribution in [3.05, 3.63) is 33.1 Å². The van der Waals surface area contributed by atoms with E-state index in [-0.39, 0.29) is 12.3 Å². The lowest BCUT2D eigenvalue weighted by atomic mass is 10.5. The van der Waals surface area contributed by atoms with Gasteiger partial charge in [0.2, 0.25) is 5.88 Å². The van der Waals surface area contributed by atoms with Gasteiger partial charge in [-0.3, -0.25) is 5.09 Å². The van der Waals surface area contributed by atoms with Gasteiger partial charge in [0.25, 0.3) is 0 Å².